The van der Waals surface area contributed by atoms with Gasteiger partial charge in [-0.2, -0.15) is 0 Å². The minimum absolute atomic E-state index is 0.0174. The fourth-order valence-corrected chi connectivity index (χ4v) is 6.44. The van der Waals surface area contributed by atoms with E-state index >= 15 is 0 Å². The number of aryl methyl sites for hydroxylation is 1. The molecule has 222 valence electrons. The Kier molecular flexibility index (Phi) is 8.14. The third-order valence-electron chi connectivity index (χ3n) is 7.41. The van der Waals surface area contributed by atoms with E-state index in [9.17, 15) is 24.5 Å². The molecular formula is C31H30N4O7S. The third-order valence-corrected chi connectivity index (χ3v) is 8.39. The molecule has 0 saturated carbocycles. The van der Waals surface area contributed by atoms with Crippen LogP contribution in [-0.2, 0) is 25.6 Å². The van der Waals surface area contributed by atoms with E-state index in [1.54, 1.807) is 45.9 Å². The lowest BCUT2D eigenvalue weighted by atomic mass is 9.94. The van der Waals surface area contributed by atoms with Gasteiger partial charge in [-0.3, -0.25) is 24.3 Å². The summed E-state index contributed by atoms with van der Waals surface area (Å²) in [5.74, 6) is -1.02. The number of carbonyl (C=O) groups is 2. The van der Waals surface area contributed by atoms with Gasteiger partial charge in [0, 0.05) is 33.8 Å². The number of thiazole rings is 1. The zero-order chi connectivity index (χ0) is 31.0. The number of fused-ring (bicyclic) bond motifs is 2. The summed E-state index contributed by atoms with van der Waals surface area (Å²) in [6, 6.07) is 11.3. The molecule has 3 heterocycles. The van der Waals surface area contributed by atoms with Crippen LogP contribution in [-0.4, -0.2) is 39.2 Å². The molecule has 0 N–H and O–H groups in total. The van der Waals surface area contributed by atoms with Gasteiger partial charge in [0.15, 0.2) is 4.80 Å². The summed E-state index contributed by atoms with van der Waals surface area (Å²) in [7, 11) is 0. The summed E-state index contributed by atoms with van der Waals surface area (Å²) >= 11 is 1.16. The van der Waals surface area contributed by atoms with Crippen LogP contribution in [0.2, 0.25) is 0 Å². The second-order valence-corrected chi connectivity index (χ2v) is 11.0. The van der Waals surface area contributed by atoms with Crippen LogP contribution in [0.15, 0.2) is 63.5 Å². The van der Waals surface area contributed by atoms with Gasteiger partial charge >= 0.3 is 11.9 Å². The molecule has 0 amide bonds. The molecule has 2 aromatic heterocycles. The lowest BCUT2D eigenvalue weighted by Crippen LogP contribution is -2.40. The molecule has 0 aliphatic carbocycles. The quantitative estimate of drug-likeness (QED) is 0.170. The summed E-state index contributed by atoms with van der Waals surface area (Å²) in [4.78, 5) is 55.9. The van der Waals surface area contributed by atoms with Gasteiger partial charge in [-0.1, -0.05) is 41.7 Å². The van der Waals surface area contributed by atoms with Gasteiger partial charge in [0.2, 0.25) is 0 Å². The molecule has 0 spiro atoms. The second kappa shape index (κ2) is 11.8. The number of nitro groups is 1. The molecule has 11 nitrogen and oxygen atoms in total. The van der Waals surface area contributed by atoms with Crippen LogP contribution in [0.3, 0.4) is 0 Å². The summed E-state index contributed by atoms with van der Waals surface area (Å²) in [5, 5.41) is 12.6. The first-order valence-corrected chi connectivity index (χ1v) is 14.6. The van der Waals surface area contributed by atoms with Crippen LogP contribution in [0.4, 0.5) is 5.69 Å². The molecule has 0 saturated heterocycles. The molecule has 5 rings (SSSR count). The molecule has 0 radical (unpaired) electrons. The van der Waals surface area contributed by atoms with Gasteiger partial charge in [0.05, 0.1) is 40.0 Å². The van der Waals surface area contributed by atoms with E-state index in [0.717, 1.165) is 33.5 Å². The Morgan fingerprint density at radius 1 is 1.09 bits per heavy atom. The molecule has 12 heteroatoms. The first-order chi connectivity index (χ1) is 20.6. The zero-order valence-corrected chi connectivity index (χ0v) is 25.2. The van der Waals surface area contributed by atoms with Crippen molar-refractivity contribution in [2.75, 3.05) is 13.2 Å². The normalized spacial score (nSPS) is 14.9. The van der Waals surface area contributed by atoms with Crippen molar-refractivity contribution in [1.29, 1.82) is 0 Å². The minimum Gasteiger partial charge on any atom is -0.465 e. The van der Waals surface area contributed by atoms with Crippen LogP contribution in [0.5, 0.6) is 0 Å². The van der Waals surface area contributed by atoms with Gasteiger partial charge in [-0.05, 0) is 52.3 Å². The number of aromatic nitrogens is 2. The van der Waals surface area contributed by atoms with E-state index in [1.807, 2.05) is 35.8 Å². The van der Waals surface area contributed by atoms with E-state index in [-0.39, 0.29) is 37.0 Å². The van der Waals surface area contributed by atoms with Crippen LogP contribution >= 0.6 is 11.3 Å². The van der Waals surface area contributed by atoms with Crippen LogP contribution in [0.25, 0.3) is 17.0 Å². The predicted molar refractivity (Wildman–Crippen MR) is 162 cm³/mol. The topological polar surface area (TPSA) is 135 Å². The smallest absolute Gasteiger partial charge is 0.338 e. The SMILES string of the molecule is CCOC(=O)Cn1c(C)c(/C=c2/sc3n(c2=O)[C@H](c2ccc(C)c([N+](=O)[O-])c2)C(C(=O)OCC)=C(C)N=3)c2ccccc21. The van der Waals surface area contributed by atoms with Crippen molar-refractivity contribution in [2.24, 2.45) is 4.99 Å². The van der Waals surface area contributed by atoms with E-state index in [2.05, 4.69) is 4.99 Å². The standard InChI is InChI=1S/C31H30N4O7S/c1-6-41-26(36)16-33-19(5)22(21-10-8-9-11-23(21)33)15-25-29(37)34-28(20-13-12-17(3)24(14-20)35(39)40)27(30(38)42-7-2)18(4)32-31(34)43-25/h8-15,28H,6-7,16H2,1-5H3/b25-15+/t28-/m1/s1. The number of nitrogens with zero attached hydrogens (tertiary/aromatic N) is 4. The lowest BCUT2D eigenvalue weighted by Gasteiger charge is -2.24. The van der Waals surface area contributed by atoms with Crippen LogP contribution < -0.4 is 14.9 Å². The fraction of sp³-hybridized carbons (Fsp3) is 0.290. The number of carbonyl (C=O) groups excluding carboxylic acids is 2. The molecule has 2 aromatic carbocycles. The fourth-order valence-electron chi connectivity index (χ4n) is 5.41. The minimum atomic E-state index is -0.983. The van der Waals surface area contributed by atoms with Crippen molar-refractivity contribution in [1.82, 2.24) is 9.13 Å². The van der Waals surface area contributed by atoms with E-state index < -0.39 is 22.5 Å². The summed E-state index contributed by atoms with van der Waals surface area (Å²) < 4.78 is 14.1. The van der Waals surface area contributed by atoms with Gasteiger partial charge in [0.25, 0.3) is 11.2 Å². The molecule has 1 aliphatic rings. The lowest BCUT2D eigenvalue weighted by molar-refractivity contribution is -0.385. The maximum atomic E-state index is 14.1. The number of para-hydroxylation sites is 1. The number of ether oxygens (including phenoxy) is 2. The van der Waals surface area contributed by atoms with Crippen molar-refractivity contribution in [2.45, 2.75) is 47.2 Å². The highest BCUT2D eigenvalue weighted by molar-refractivity contribution is 7.07. The van der Waals surface area contributed by atoms with Gasteiger partial charge in [-0.15, -0.1) is 0 Å². The first-order valence-electron chi connectivity index (χ1n) is 13.7. The number of allylic oxidation sites excluding steroid dienone is 1. The van der Waals surface area contributed by atoms with Gasteiger partial charge in [0.1, 0.15) is 6.54 Å². The van der Waals surface area contributed by atoms with E-state index in [0.29, 0.717) is 26.2 Å². The van der Waals surface area contributed by atoms with Crippen LogP contribution in [0, 0.1) is 24.0 Å². The number of esters is 2. The number of benzene rings is 2. The summed E-state index contributed by atoms with van der Waals surface area (Å²) in [6.45, 7) is 8.98. The Hall–Kier alpha value is -4.84. The number of nitro benzene ring substituents is 1. The highest BCUT2D eigenvalue weighted by Crippen LogP contribution is 2.33. The number of hydrogen-bond donors (Lipinski definition) is 0. The van der Waals surface area contributed by atoms with Crippen molar-refractivity contribution >= 4 is 45.9 Å². The Balaban J connectivity index is 1.75. The summed E-state index contributed by atoms with van der Waals surface area (Å²) in [6.07, 6.45) is 1.77. The van der Waals surface area contributed by atoms with Crippen LogP contribution in [0.1, 0.15) is 49.2 Å². The van der Waals surface area contributed by atoms with E-state index in [1.165, 1.54) is 10.6 Å². The van der Waals surface area contributed by atoms with Gasteiger partial charge in [-0.25, -0.2) is 9.79 Å². The Labute approximate surface area is 250 Å². The third kappa shape index (κ3) is 5.29. The first kappa shape index (κ1) is 29.6. The molecule has 43 heavy (non-hydrogen) atoms. The summed E-state index contributed by atoms with van der Waals surface area (Å²) in [5.41, 5.74) is 3.16. The van der Waals surface area contributed by atoms with Crippen molar-refractivity contribution < 1.29 is 24.0 Å². The molecular weight excluding hydrogens is 572 g/mol. The molecule has 0 fully saturated rings. The maximum absolute atomic E-state index is 14.1. The average molecular weight is 603 g/mol. The van der Waals surface area contributed by atoms with E-state index in [4.69, 9.17) is 9.47 Å². The molecule has 1 atom stereocenters. The Bertz CT molecular complexity index is 2020. The average Bonchev–Trinajstić information content (AvgIpc) is 3.41. The second-order valence-electron chi connectivity index (χ2n) is 10.0. The molecule has 0 unspecified atom stereocenters. The molecule has 0 bridgehead atoms. The highest BCUT2D eigenvalue weighted by Gasteiger charge is 2.34. The number of rotatable bonds is 8. The zero-order valence-electron chi connectivity index (χ0n) is 24.4. The molecule has 1 aliphatic heterocycles. The molecule has 4 aromatic rings. The predicted octanol–water partition coefficient (Wildman–Crippen LogP) is 3.84. The van der Waals surface area contributed by atoms with Crippen molar-refractivity contribution in [3.8, 4) is 0 Å². The monoisotopic (exact) mass is 602 g/mol. The Morgan fingerprint density at radius 3 is 2.51 bits per heavy atom. The van der Waals surface area contributed by atoms with Crippen molar-refractivity contribution in [3.05, 3.63) is 106 Å². The van der Waals surface area contributed by atoms with Gasteiger partial charge < -0.3 is 14.0 Å². The largest absolute Gasteiger partial charge is 0.465 e. The Morgan fingerprint density at radius 2 is 1.81 bits per heavy atom. The highest BCUT2D eigenvalue weighted by atomic mass is 32.1. The number of hydrogen-bond acceptors (Lipinski definition) is 9. The maximum Gasteiger partial charge on any atom is 0.338 e. The van der Waals surface area contributed by atoms with Crippen molar-refractivity contribution in [3.63, 3.8) is 0 Å².